The number of anilines is 1. The second-order valence-corrected chi connectivity index (χ2v) is 13.7. The van der Waals surface area contributed by atoms with Crippen LogP contribution in [0.15, 0.2) is 48.6 Å². The lowest BCUT2D eigenvalue weighted by Crippen LogP contribution is -2.49. The zero-order chi connectivity index (χ0) is 27.2. The number of nitrogens with zero attached hydrogens (tertiary/aromatic N) is 1. The van der Waals surface area contributed by atoms with Crippen LogP contribution in [-0.2, 0) is 26.6 Å². The van der Waals surface area contributed by atoms with Gasteiger partial charge in [-0.2, -0.15) is 0 Å². The first-order valence-corrected chi connectivity index (χ1v) is 15.8. The van der Waals surface area contributed by atoms with Gasteiger partial charge in [-0.1, -0.05) is 29.8 Å². The van der Waals surface area contributed by atoms with Gasteiger partial charge in [-0.15, -0.1) is 0 Å². The summed E-state index contributed by atoms with van der Waals surface area (Å²) in [5.74, 6) is 0.686. The molecule has 4 atom stereocenters. The van der Waals surface area contributed by atoms with Crippen LogP contribution in [0.1, 0.15) is 53.6 Å². The number of fused-ring (bicyclic) bond motifs is 4. The molecule has 2 heterocycles. The fourth-order valence-electron chi connectivity index (χ4n) is 6.89. The summed E-state index contributed by atoms with van der Waals surface area (Å²) in [4.78, 5) is 15.4. The highest BCUT2D eigenvalue weighted by atomic mass is 35.5. The molecule has 208 valence electrons. The van der Waals surface area contributed by atoms with Gasteiger partial charge in [0.05, 0.1) is 24.2 Å². The zero-order valence-corrected chi connectivity index (χ0v) is 23.8. The average molecular weight is 571 g/mol. The van der Waals surface area contributed by atoms with Crippen molar-refractivity contribution in [2.24, 2.45) is 11.8 Å². The lowest BCUT2D eigenvalue weighted by atomic mass is 9.68. The number of sulfonamides is 1. The van der Waals surface area contributed by atoms with Gasteiger partial charge in [0, 0.05) is 36.2 Å². The van der Waals surface area contributed by atoms with Crippen LogP contribution in [0.5, 0.6) is 5.75 Å². The van der Waals surface area contributed by atoms with Crippen molar-refractivity contribution in [3.05, 3.63) is 70.3 Å². The molecule has 0 aromatic heterocycles. The summed E-state index contributed by atoms with van der Waals surface area (Å²) < 4.78 is 39.9. The van der Waals surface area contributed by atoms with Crippen molar-refractivity contribution in [3.63, 3.8) is 0 Å². The van der Waals surface area contributed by atoms with Crippen LogP contribution < -0.4 is 14.4 Å². The topological polar surface area (TPSA) is 84.9 Å². The van der Waals surface area contributed by atoms with Gasteiger partial charge in [-0.3, -0.25) is 4.79 Å². The molecule has 2 aromatic carbocycles. The Morgan fingerprint density at radius 1 is 1.18 bits per heavy atom. The Balaban J connectivity index is 1.43. The van der Waals surface area contributed by atoms with E-state index in [0.29, 0.717) is 30.4 Å². The van der Waals surface area contributed by atoms with Crippen molar-refractivity contribution in [2.45, 2.75) is 50.0 Å². The van der Waals surface area contributed by atoms with Gasteiger partial charge < -0.3 is 14.4 Å². The van der Waals surface area contributed by atoms with Gasteiger partial charge in [-0.05, 0) is 91.8 Å². The van der Waals surface area contributed by atoms with Crippen LogP contribution in [0, 0.1) is 11.8 Å². The summed E-state index contributed by atoms with van der Waals surface area (Å²) in [5.41, 5.74) is 3.49. The summed E-state index contributed by atoms with van der Waals surface area (Å²) in [6.45, 7) is 2.08. The first-order chi connectivity index (χ1) is 18.8. The second kappa shape index (κ2) is 10.5. The number of hydrogen-bond acceptors (Lipinski definition) is 6. The number of aryl methyl sites for hydroxylation is 1. The van der Waals surface area contributed by atoms with Gasteiger partial charge in [0.2, 0.25) is 10.0 Å². The van der Waals surface area contributed by atoms with Gasteiger partial charge >= 0.3 is 0 Å². The van der Waals surface area contributed by atoms with Crippen molar-refractivity contribution in [1.29, 1.82) is 0 Å². The Labute approximate surface area is 235 Å². The highest BCUT2D eigenvalue weighted by Crippen LogP contribution is 2.47. The van der Waals surface area contributed by atoms with Crippen molar-refractivity contribution in [3.8, 4) is 5.75 Å². The maximum absolute atomic E-state index is 13.1. The molecule has 4 aliphatic rings. The Morgan fingerprint density at radius 3 is 2.85 bits per heavy atom. The summed E-state index contributed by atoms with van der Waals surface area (Å²) in [6, 6.07) is 11.5. The number of halogens is 1. The van der Waals surface area contributed by atoms with Crippen molar-refractivity contribution < 1.29 is 22.7 Å². The number of nitrogens with one attached hydrogen (secondary N) is 1. The van der Waals surface area contributed by atoms with E-state index >= 15 is 0 Å². The fraction of sp³-hybridized carbons (Fsp3) is 0.500. The van der Waals surface area contributed by atoms with Crippen LogP contribution in [0.25, 0.3) is 0 Å². The molecule has 1 saturated carbocycles. The van der Waals surface area contributed by atoms with E-state index in [0.717, 1.165) is 61.7 Å². The smallest absolute Gasteiger partial charge is 0.264 e. The van der Waals surface area contributed by atoms with E-state index in [1.54, 1.807) is 19.2 Å². The molecule has 1 amide bonds. The first kappa shape index (κ1) is 26.7. The molecule has 2 aromatic rings. The number of benzene rings is 2. The molecule has 2 aliphatic carbocycles. The monoisotopic (exact) mass is 570 g/mol. The fourth-order valence-corrected chi connectivity index (χ4v) is 8.04. The molecule has 0 saturated heterocycles. The van der Waals surface area contributed by atoms with E-state index in [9.17, 15) is 13.2 Å². The average Bonchev–Trinajstić information content (AvgIpc) is 3.04. The predicted octanol–water partition coefficient (Wildman–Crippen LogP) is 4.87. The number of allylic oxidation sites excluding steroid dienone is 1. The van der Waals surface area contributed by atoms with E-state index < -0.39 is 15.9 Å². The third kappa shape index (κ3) is 5.19. The van der Waals surface area contributed by atoms with Gasteiger partial charge in [0.25, 0.3) is 5.91 Å². The predicted molar refractivity (Wildman–Crippen MR) is 152 cm³/mol. The largest absolute Gasteiger partial charge is 0.490 e. The van der Waals surface area contributed by atoms with Crippen LogP contribution in [-0.4, -0.2) is 53.0 Å². The zero-order valence-electron chi connectivity index (χ0n) is 22.2. The molecule has 0 unspecified atom stereocenters. The molecular weight excluding hydrogens is 536 g/mol. The summed E-state index contributed by atoms with van der Waals surface area (Å²) in [7, 11) is -2.07. The lowest BCUT2D eigenvalue weighted by molar-refractivity contribution is 0.0132. The summed E-state index contributed by atoms with van der Waals surface area (Å²) in [6.07, 6.45) is 9.30. The van der Waals surface area contributed by atoms with Crippen molar-refractivity contribution >= 4 is 33.2 Å². The van der Waals surface area contributed by atoms with Gasteiger partial charge in [-0.25, -0.2) is 13.1 Å². The van der Waals surface area contributed by atoms with E-state index in [1.165, 1.54) is 11.1 Å². The van der Waals surface area contributed by atoms with Crippen LogP contribution >= 0.6 is 11.6 Å². The number of methoxy groups -OCH3 is 1. The highest BCUT2D eigenvalue weighted by molar-refractivity contribution is 7.90. The van der Waals surface area contributed by atoms with Gasteiger partial charge in [0.15, 0.2) is 0 Å². The Kier molecular flexibility index (Phi) is 7.14. The first-order valence-electron chi connectivity index (χ1n) is 13.8. The normalized spacial score (nSPS) is 30.8. The number of hydrogen-bond donors (Lipinski definition) is 1. The summed E-state index contributed by atoms with van der Waals surface area (Å²) in [5, 5.41) is 0.749. The van der Waals surface area contributed by atoms with Crippen molar-refractivity contribution in [1.82, 2.24) is 4.72 Å². The molecule has 7 nitrogen and oxygen atoms in total. The third-order valence-corrected chi connectivity index (χ3v) is 10.6. The molecule has 6 rings (SSSR count). The SMILES string of the molecule is CO[C@@H]1/C=C/CCS(=O)(=O)NC(=O)c2ccc3c(c2)N(C[C@@H]2CC[C@H]21)C[C@@]1(CCCc2cc(Cl)ccc21)CO3. The molecule has 39 heavy (non-hydrogen) atoms. The molecular formula is C30H35ClN2O5S. The Hall–Kier alpha value is -2.55. The molecule has 2 aliphatic heterocycles. The maximum atomic E-state index is 13.1. The van der Waals surface area contributed by atoms with Crippen LogP contribution in [0.2, 0.25) is 5.02 Å². The van der Waals surface area contributed by atoms with Gasteiger partial charge in [0.1, 0.15) is 5.75 Å². The number of rotatable bonds is 1. The number of amides is 1. The number of carbonyl (C=O) groups is 1. The third-order valence-electron chi connectivity index (χ3n) is 9.05. The molecule has 1 fully saturated rings. The van der Waals surface area contributed by atoms with Crippen molar-refractivity contribution in [2.75, 3.05) is 37.5 Å². The molecule has 9 heteroatoms. The van der Waals surface area contributed by atoms with E-state index in [1.807, 2.05) is 24.3 Å². The van der Waals surface area contributed by atoms with E-state index in [2.05, 4.69) is 21.8 Å². The molecule has 0 radical (unpaired) electrons. The lowest BCUT2D eigenvalue weighted by Gasteiger charge is -2.46. The minimum absolute atomic E-state index is 0.0771. The molecule has 1 N–H and O–H groups in total. The summed E-state index contributed by atoms with van der Waals surface area (Å²) >= 11 is 6.38. The van der Waals surface area contributed by atoms with Crippen LogP contribution in [0.3, 0.4) is 0 Å². The molecule has 2 bridgehead atoms. The maximum Gasteiger partial charge on any atom is 0.264 e. The van der Waals surface area contributed by atoms with E-state index in [-0.39, 0.29) is 17.3 Å². The number of ether oxygens (including phenoxy) is 2. The standard InChI is InChI=1S/C30H35ClN2O5S/c1-37-27-6-2-3-14-39(35,36)32-29(34)21-8-12-28-26(16-21)33(17-22-7-10-24(22)27)18-30(19-38-28)13-4-5-20-15-23(31)9-11-25(20)30/h2,6,8-9,11-12,15-16,22,24,27H,3-5,7,10,13-14,17-19H2,1H3,(H,32,34)/b6-2+/t22-,24+,27+,30-/m0/s1. The molecule has 1 spiro atoms. The highest BCUT2D eigenvalue weighted by Gasteiger charge is 2.44. The second-order valence-electron chi connectivity index (χ2n) is 11.5. The Morgan fingerprint density at radius 2 is 2.05 bits per heavy atom. The Bertz CT molecular complexity index is 1410. The van der Waals surface area contributed by atoms with Crippen LogP contribution in [0.4, 0.5) is 5.69 Å². The minimum atomic E-state index is -3.78. The number of carbonyl (C=O) groups excluding carboxylic acids is 1. The van der Waals surface area contributed by atoms with E-state index in [4.69, 9.17) is 21.1 Å². The quantitative estimate of drug-likeness (QED) is 0.492. The minimum Gasteiger partial charge on any atom is -0.490 e.